The molecule has 2 aromatic rings. The van der Waals surface area contributed by atoms with Crippen LogP contribution in [0.4, 0.5) is 0 Å². The molecule has 0 aliphatic carbocycles. The Bertz CT molecular complexity index is 685. The summed E-state index contributed by atoms with van der Waals surface area (Å²) in [6.45, 7) is 1.98. The molecule has 0 radical (unpaired) electrons. The van der Waals surface area contributed by atoms with E-state index in [0.717, 1.165) is 5.52 Å². The molecule has 0 unspecified atom stereocenters. The minimum Gasteiger partial charge on any atom is -0.329 e. The second-order valence-corrected chi connectivity index (χ2v) is 6.55. The summed E-state index contributed by atoms with van der Waals surface area (Å²) in [6, 6.07) is 3.67. The summed E-state index contributed by atoms with van der Waals surface area (Å²) in [5.74, 6) is 0.234. The zero-order chi connectivity index (χ0) is 12.5. The molecule has 0 saturated carbocycles. The number of imidazole rings is 1. The molecular weight excluding hydrogens is 258 g/mol. The monoisotopic (exact) mass is 271 g/mol. The first-order valence-corrected chi connectivity index (χ1v) is 7.50. The van der Waals surface area contributed by atoms with Crippen molar-refractivity contribution in [3.8, 4) is 0 Å². The van der Waals surface area contributed by atoms with Crippen molar-refractivity contribution >= 4 is 33.2 Å². The van der Waals surface area contributed by atoms with Gasteiger partial charge in [-0.15, -0.1) is 0 Å². The number of aromatic nitrogens is 3. The molecule has 92 valence electrons. The number of sulfone groups is 1. The van der Waals surface area contributed by atoms with Gasteiger partial charge in [-0.1, -0.05) is 6.92 Å². The Kier molecular flexibility index (Phi) is 3.30. The number of nitrogens with one attached hydrogen (secondary N) is 1. The molecule has 0 aliphatic heterocycles. The van der Waals surface area contributed by atoms with Crippen LogP contribution in [-0.2, 0) is 16.4 Å². The van der Waals surface area contributed by atoms with Crippen molar-refractivity contribution < 1.29 is 8.42 Å². The summed E-state index contributed by atoms with van der Waals surface area (Å²) in [5, 5.41) is 0. The Morgan fingerprint density at radius 3 is 3.00 bits per heavy atom. The van der Waals surface area contributed by atoms with E-state index in [1.807, 2.05) is 6.07 Å². The molecule has 0 atom stereocenters. The lowest BCUT2D eigenvalue weighted by Gasteiger charge is -2.03. The molecule has 0 aliphatic rings. The minimum atomic E-state index is -2.99. The molecule has 5 nitrogen and oxygen atoms in total. The van der Waals surface area contributed by atoms with Crippen molar-refractivity contribution in [3.63, 3.8) is 0 Å². The van der Waals surface area contributed by atoms with Gasteiger partial charge < -0.3 is 9.55 Å². The van der Waals surface area contributed by atoms with E-state index in [2.05, 4.69) is 9.97 Å². The van der Waals surface area contributed by atoms with Gasteiger partial charge in [-0.05, 0) is 24.4 Å². The molecular formula is C10H13N3O2S2. The van der Waals surface area contributed by atoms with E-state index in [1.165, 1.54) is 0 Å². The van der Waals surface area contributed by atoms with E-state index < -0.39 is 9.84 Å². The lowest BCUT2D eigenvalue weighted by Crippen LogP contribution is -2.14. The van der Waals surface area contributed by atoms with Gasteiger partial charge >= 0.3 is 0 Å². The van der Waals surface area contributed by atoms with Gasteiger partial charge in [-0.25, -0.2) is 13.4 Å². The third kappa shape index (κ3) is 2.55. The van der Waals surface area contributed by atoms with Gasteiger partial charge in [0.05, 0.1) is 11.3 Å². The fraction of sp³-hybridized carbons (Fsp3) is 0.400. The Hall–Kier alpha value is -1.21. The largest absolute Gasteiger partial charge is 0.329 e. The minimum absolute atomic E-state index is 0.0847. The number of hydrogen-bond donors (Lipinski definition) is 1. The van der Waals surface area contributed by atoms with E-state index in [0.29, 0.717) is 17.0 Å². The number of fused-ring (bicyclic) bond motifs is 1. The molecule has 2 rings (SSSR count). The van der Waals surface area contributed by atoms with Crippen LogP contribution in [0.3, 0.4) is 0 Å². The maximum absolute atomic E-state index is 11.5. The summed E-state index contributed by atoms with van der Waals surface area (Å²) in [5.41, 5.74) is 1.52. The normalized spacial score (nSPS) is 12.1. The number of aryl methyl sites for hydroxylation is 1. The molecule has 0 bridgehead atoms. The number of nitrogens with zero attached hydrogens (tertiary/aromatic N) is 2. The highest BCUT2D eigenvalue weighted by atomic mass is 32.2. The number of aromatic amines is 1. The number of H-pyrrole nitrogens is 1. The molecule has 2 heterocycles. The number of pyridine rings is 1. The molecule has 7 heteroatoms. The average Bonchev–Trinajstić information content (AvgIpc) is 2.62. The predicted octanol–water partition coefficient (Wildman–Crippen LogP) is 1.53. The van der Waals surface area contributed by atoms with Crippen LogP contribution in [0.2, 0.25) is 0 Å². The van der Waals surface area contributed by atoms with E-state index in [-0.39, 0.29) is 11.5 Å². The second kappa shape index (κ2) is 4.58. The van der Waals surface area contributed by atoms with Crippen molar-refractivity contribution in [2.75, 3.05) is 11.5 Å². The Morgan fingerprint density at radius 1 is 1.53 bits per heavy atom. The van der Waals surface area contributed by atoms with Crippen molar-refractivity contribution in [3.05, 3.63) is 23.1 Å². The third-order valence-electron chi connectivity index (χ3n) is 2.59. The van der Waals surface area contributed by atoms with Gasteiger partial charge in [0.1, 0.15) is 0 Å². The maximum Gasteiger partial charge on any atom is 0.179 e. The van der Waals surface area contributed by atoms with Crippen molar-refractivity contribution in [1.29, 1.82) is 0 Å². The van der Waals surface area contributed by atoms with Crippen molar-refractivity contribution in [2.24, 2.45) is 0 Å². The Morgan fingerprint density at radius 2 is 2.29 bits per heavy atom. The molecule has 0 spiro atoms. The van der Waals surface area contributed by atoms with Crippen LogP contribution in [0.5, 0.6) is 0 Å². The molecule has 17 heavy (non-hydrogen) atoms. The lowest BCUT2D eigenvalue weighted by atomic mass is 10.4. The first-order chi connectivity index (χ1) is 8.03. The van der Waals surface area contributed by atoms with Crippen LogP contribution in [0, 0.1) is 4.77 Å². The van der Waals surface area contributed by atoms with Crippen LogP contribution < -0.4 is 0 Å². The summed E-state index contributed by atoms with van der Waals surface area (Å²) >= 11 is 5.15. The highest BCUT2D eigenvalue weighted by Crippen LogP contribution is 2.10. The fourth-order valence-electron chi connectivity index (χ4n) is 1.57. The maximum atomic E-state index is 11.5. The molecule has 0 amide bonds. The van der Waals surface area contributed by atoms with E-state index in [1.54, 1.807) is 23.8 Å². The van der Waals surface area contributed by atoms with Crippen LogP contribution in [0.15, 0.2) is 18.3 Å². The first-order valence-electron chi connectivity index (χ1n) is 5.27. The van der Waals surface area contributed by atoms with Gasteiger partial charge in [0.25, 0.3) is 0 Å². The van der Waals surface area contributed by atoms with Gasteiger partial charge in [0, 0.05) is 18.5 Å². The molecule has 0 aromatic carbocycles. The average molecular weight is 271 g/mol. The summed E-state index contributed by atoms with van der Waals surface area (Å²) in [7, 11) is -2.99. The predicted molar refractivity (Wildman–Crippen MR) is 69.2 cm³/mol. The summed E-state index contributed by atoms with van der Waals surface area (Å²) < 4.78 is 25.2. The Balaban J connectivity index is 2.36. The SMILES string of the molecule is CCS(=O)(=O)CCn1c(=S)[nH]c2cccnc21. The standard InChI is InChI=1S/C10H13N3O2S2/c1-2-17(14,15)7-6-13-9-8(12-10(13)16)4-3-5-11-9/h3-5H,2,6-7H2,1H3,(H,12,16). The van der Waals surface area contributed by atoms with Crippen LogP contribution in [0.1, 0.15) is 6.92 Å². The number of hydrogen-bond acceptors (Lipinski definition) is 4. The van der Waals surface area contributed by atoms with Crippen LogP contribution >= 0.6 is 12.2 Å². The quantitative estimate of drug-likeness (QED) is 0.856. The highest BCUT2D eigenvalue weighted by molar-refractivity contribution is 7.91. The number of rotatable bonds is 4. The zero-order valence-corrected chi connectivity index (χ0v) is 11.0. The Labute approximate surface area is 104 Å². The zero-order valence-electron chi connectivity index (χ0n) is 9.38. The van der Waals surface area contributed by atoms with Crippen molar-refractivity contribution in [1.82, 2.24) is 14.5 Å². The molecule has 2 aromatic heterocycles. The van der Waals surface area contributed by atoms with Gasteiger partial charge in [-0.2, -0.15) is 0 Å². The fourth-order valence-corrected chi connectivity index (χ4v) is 2.61. The highest BCUT2D eigenvalue weighted by Gasteiger charge is 2.10. The van der Waals surface area contributed by atoms with E-state index in [9.17, 15) is 8.42 Å². The molecule has 0 fully saturated rings. The van der Waals surface area contributed by atoms with E-state index >= 15 is 0 Å². The topological polar surface area (TPSA) is 67.8 Å². The van der Waals surface area contributed by atoms with Crippen LogP contribution in [0.25, 0.3) is 11.2 Å². The third-order valence-corrected chi connectivity index (χ3v) is 4.60. The lowest BCUT2D eigenvalue weighted by molar-refractivity contribution is 0.590. The first kappa shape index (κ1) is 12.3. The van der Waals surface area contributed by atoms with Gasteiger partial charge in [0.15, 0.2) is 20.3 Å². The summed E-state index contributed by atoms with van der Waals surface area (Å²) in [6.07, 6.45) is 1.66. The summed E-state index contributed by atoms with van der Waals surface area (Å²) in [4.78, 5) is 7.20. The molecule has 0 saturated heterocycles. The van der Waals surface area contributed by atoms with E-state index in [4.69, 9.17) is 12.2 Å². The molecule has 1 N–H and O–H groups in total. The van der Waals surface area contributed by atoms with Gasteiger partial charge in [-0.3, -0.25) is 0 Å². The second-order valence-electron chi connectivity index (χ2n) is 3.69. The van der Waals surface area contributed by atoms with Gasteiger partial charge in [0.2, 0.25) is 0 Å². The van der Waals surface area contributed by atoms with Crippen LogP contribution in [-0.4, -0.2) is 34.5 Å². The van der Waals surface area contributed by atoms with Crippen molar-refractivity contribution in [2.45, 2.75) is 13.5 Å². The smallest absolute Gasteiger partial charge is 0.179 e.